The number of hydrogen-bond donors (Lipinski definition) is 1. The maximum Gasteiger partial charge on any atom is 0.326 e. The molecule has 1 aliphatic rings. The number of nitrogens with one attached hydrogen (secondary N) is 1. The van der Waals surface area contributed by atoms with Gasteiger partial charge >= 0.3 is 6.03 Å². The molecule has 0 radical (unpaired) electrons. The Bertz CT molecular complexity index is 695. The fourth-order valence-corrected chi connectivity index (χ4v) is 2.57. The van der Waals surface area contributed by atoms with Crippen molar-refractivity contribution in [1.29, 1.82) is 0 Å². The predicted octanol–water partition coefficient (Wildman–Crippen LogP) is 4.12. The van der Waals surface area contributed by atoms with E-state index in [1.807, 2.05) is 63.2 Å². The summed E-state index contributed by atoms with van der Waals surface area (Å²) >= 11 is 0. The Morgan fingerprint density at radius 1 is 1.14 bits per heavy atom. The van der Waals surface area contributed by atoms with Gasteiger partial charge in [-0.05, 0) is 50.6 Å². The topological polar surface area (TPSA) is 41.6 Å². The number of ether oxygens (including phenoxy) is 1. The zero-order chi connectivity index (χ0) is 15.7. The van der Waals surface area contributed by atoms with Crippen molar-refractivity contribution in [1.82, 2.24) is 0 Å². The van der Waals surface area contributed by atoms with Gasteiger partial charge in [0.2, 0.25) is 0 Å². The van der Waals surface area contributed by atoms with Crippen LogP contribution >= 0.6 is 0 Å². The SMILES string of the molecule is Cc1ccc(NC(=O)N2C[C@H](C)Oc3ccc(C)cc32)cc1. The maximum atomic E-state index is 12.6. The molecule has 2 amide bonds. The van der Waals surface area contributed by atoms with Crippen molar-refractivity contribution >= 4 is 17.4 Å². The number of amides is 2. The maximum absolute atomic E-state index is 12.6. The minimum absolute atomic E-state index is 0.0287. The predicted molar refractivity (Wildman–Crippen MR) is 88.8 cm³/mol. The molecule has 0 bridgehead atoms. The molecule has 0 fully saturated rings. The standard InChI is InChI=1S/C18H20N2O2/c1-12-4-7-15(8-5-12)19-18(21)20-11-14(3)22-17-9-6-13(2)10-16(17)20/h4-10,14H,11H2,1-3H3,(H,19,21)/t14-/m0/s1. The molecule has 114 valence electrons. The Morgan fingerprint density at radius 2 is 1.82 bits per heavy atom. The number of benzene rings is 2. The highest BCUT2D eigenvalue weighted by Gasteiger charge is 2.27. The van der Waals surface area contributed by atoms with Crippen molar-refractivity contribution in [3.63, 3.8) is 0 Å². The first kappa shape index (κ1) is 14.4. The monoisotopic (exact) mass is 296 g/mol. The van der Waals surface area contributed by atoms with Crippen molar-refractivity contribution in [3.8, 4) is 5.75 Å². The number of rotatable bonds is 1. The summed E-state index contributed by atoms with van der Waals surface area (Å²) in [7, 11) is 0. The number of carbonyl (C=O) groups excluding carboxylic acids is 1. The number of hydrogen-bond acceptors (Lipinski definition) is 2. The second kappa shape index (κ2) is 5.72. The first-order valence-electron chi connectivity index (χ1n) is 7.45. The molecule has 1 N–H and O–H groups in total. The molecule has 1 aliphatic heterocycles. The van der Waals surface area contributed by atoms with Crippen LogP contribution in [-0.2, 0) is 0 Å². The number of fused-ring (bicyclic) bond motifs is 1. The Labute approximate surface area is 130 Å². The molecule has 4 nitrogen and oxygen atoms in total. The molecule has 22 heavy (non-hydrogen) atoms. The van der Waals surface area contributed by atoms with Crippen molar-refractivity contribution in [2.24, 2.45) is 0 Å². The van der Waals surface area contributed by atoms with Crippen molar-refractivity contribution in [2.75, 3.05) is 16.8 Å². The molecule has 1 atom stereocenters. The third kappa shape index (κ3) is 2.91. The molecule has 0 saturated carbocycles. The van der Waals surface area contributed by atoms with Crippen LogP contribution in [0.3, 0.4) is 0 Å². The van der Waals surface area contributed by atoms with E-state index in [1.54, 1.807) is 4.90 Å². The molecule has 2 aromatic rings. The smallest absolute Gasteiger partial charge is 0.326 e. The van der Waals surface area contributed by atoms with Crippen LogP contribution in [0, 0.1) is 13.8 Å². The second-order valence-electron chi connectivity index (χ2n) is 5.81. The van der Waals surface area contributed by atoms with E-state index in [4.69, 9.17) is 4.74 Å². The quantitative estimate of drug-likeness (QED) is 0.860. The van der Waals surface area contributed by atoms with E-state index >= 15 is 0 Å². The summed E-state index contributed by atoms with van der Waals surface area (Å²) in [4.78, 5) is 14.4. The van der Waals surface area contributed by atoms with E-state index in [0.717, 1.165) is 22.7 Å². The van der Waals surface area contributed by atoms with Gasteiger partial charge in [-0.2, -0.15) is 0 Å². The summed E-state index contributed by atoms with van der Waals surface area (Å²) in [5.74, 6) is 0.753. The van der Waals surface area contributed by atoms with Crippen LogP contribution in [0.2, 0.25) is 0 Å². The third-order valence-electron chi connectivity index (χ3n) is 3.72. The molecule has 0 saturated heterocycles. The fraction of sp³-hybridized carbons (Fsp3) is 0.278. The average molecular weight is 296 g/mol. The van der Waals surface area contributed by atoms with Gasteiger partial charge in [-0.25, -0.2) is 4.79 Å². The van der Waals surface area contributed by atoms with Gasteiger partial charge in [-0.3, -0.25) is 4.90 Å². The summed E-state index contributed by atoms with van der Waals surface area (Å²) in [6.45, 7) is 6.53. The summed E-state index contributed by atoms with van der Waals surface area (Å²) in [5.41, 5.74) is 3.88. The fourth-order valence-electron chi connectivity index (χ4n) is 2.57. The highest BCUT2D eigenvalue weighted by molar-refractivity contribution is 6.03. The van der Waals surface area contributed by atoms with E-state index in [2.05, 4.69) is 5.32 Å². The molecule has 4 heteroatoms. The number of nitrogens with zero attached hydrogens (tertiary/aromatic N) is 1. The Kier molecular flexibility index (Phi) is 3.75. The van der Waals surface area contributed by atoms with E-state index < -0.39 is 0 Å². The number of aryl methyl sites for hydroxylation is 2. The van der Waals surface area contributed by atoms with Gasteiger partial charge < -0.3 is 10.1 Å². The first-order chi connectivity index (χ1) is 10.5. The molecule has 0 aliphatic carbocycles. The molecule has 0 unspecified atom stereocenters. The summed E-state index contributed by atoms with van der Waals surface area (Å²) < 4.78 is 5.81. The minimum atomic E-state index is -0.133. The van der Waals surface area contributed by atoms with Crippen LogP contribution in [0.1, 0.15) is 18.1 Å². The van der Waals surface area contributed by atoms with E-state index in [0.29, 0.717) is 6.54 Å². The van der Waals surface area contributed by atoms with Crippen molar-refractivity contribution < 1.29 is 9.53 Å². The van der Waals surface area contributed by atoms with E-state index in [-0.39, 0.29) is 12.1 Å². The number of carbonyl (C=O) groups is 1. The Morgan fingerprint density at radius 3 is 2.55 bits per heavy atom. The molecule has 3 rings (SSSR count). The molecule has 0 aromatic heterocycles. The van der Waals surface area contributed by atoms with Gasteiger partial charge in [-0.1, -0.05) is 23.8 Å². The molecule has 2 aromatic carbocycles. The summed E-state index contributed by atoms with van der Waals surface area (Å²) in [5, 5.41) is 2.95. The number of anilines is 2. The molecule has 1 heterocycles. The van der Waals surface area contributed by atoms with Gasteiger partial charge in [-0.15, -0.1) is 0 Å². The van der Waals surface area contributed by atoms with Crippen LogP contribution in [0.4, 0.5) is 16.2 Å². The van der Waals surface area contributed by atoms with Crippen molar-refractivity contribution in [3.05, 3.63) is 53.6 Å². The summed E-state index contributed by atoms with van der Waals surface area (Å²) in [6, 6.07) is 13.6. The van der Waals surface area contributed by atoms with Crippen LogP contribution in [0.5, 0.6) is 5.75 Å². The van der Waals surface area contributed by atoms with Gasteiger partial charge in [0.05, 0.1) is 12.2 Å². The lowest BCUT2D eigenvalue weighted by Crippen LogP contribution is -2.44. The lowest BCUT2D eigenvalue weighted by molar-refractivity contribution is 0.208. The molecular formula is C18H20N2O2. The minimum Gasteiger partial charge on any atom is -0.487 e. The highest BCUT2D eigenvalue weighted by Crippen LogP contribution is 2.34. The van der Waals surface area contributed by atoms with Gasteiger partial charge in [0.1, 0.15) is 11.9 Å². The van der Waals surface area contributed by atoms with Crippen LogP contribution < -0.4 is 15.0 Å². The molecular weight excluding hydrogens is 276 g/mol. The van der Waals surface area contributed by atoms with Gasteiger partial charge in [0, 0.05) is 5.69 Å². The largest absolute Gasteiger partial charge is 0.487 e. The van der Waals surface area contributed by atoms with Crippen LogP contribution in [-0.4, -0.2) is 18.7 Å². The normalized spacial score (nSPS) is 16.7. The molecule has 0 spiro atoms. The summed E-state index contributed by atoms with van der Waals surface area (Å²) in [6.07, 6.45) is -0.0287. The zero-order valence-corrected chi connectivity index (χ0v) is 13.1. The average Bonchev–Trinajstić information content (AvgIpc) is 2.49. The Hall–Kier alpha value is -2.49. The van der Waals surface area contributed by atoms with E-state index in [1.165, 1.54) is 5.56 Å². The third-order valence-corrected chi connectivity index (χ3v) is 3.72. The zero-order valence-electron chi connectivity index (χ0n) is 13.1. The Balaban J connectivity index is 1.86. The van der Waals surface area contributed by atoms with Crippen LogP contribution in [0.15, 0.2) is 42.5 Å². The van der Waals surface area contributed by atoms with Gasteiger partial charge in [0.25, 0.3) is 0 Å². The lowest BCUT2D eigenvalue weighted by atomic mass is 10.1. The van der Waals surface area contributed by atoms with Gasteiger partial charge in [0.15, 0.2) is 0 Å². The van der Waals surface area contributed by atoms with Crippen LogP contribution in [0.25, 0.3) is 0 Å². The van der Waals surface area contributed by atoms with Crippen molar-refractivity contribution in [2.45, 2.75) is 26.9 Å². The van der Waals surface area contributed by atoms with E-state index in [9.17, 15) is 4.79 Å². The highest BCUT2D eigenvalue weighted by atomic mass is 16.5. The lowest BCUT2D eigenvalue weighted by Gasteiger charge is -2.33. The second-order valence-corrected chi connectivity index (χ2v) is 5.81. The number of urea groups is 1. The first-order valence-corrected chi connectivity index (χ1v) is 7.45.